The van der Waals surface area contributed by atoms with Crippen LogP contribution in [-0.2, 0) is 6.54 Å². The predicted molar refractivity (Wildman–Crippen MR) is 142 cm³/mol. The number of hydrogen-bond acceptors (Lipinski definition) is 4. The van der Waals surface area contributed by atoms with Crippen molar-refractivity contribution in [1.82, 2.24) is 9.55 Å². The number of aromatic nitrogens is 2. The highest BCUT2D eigenvalue weighted by molar-refractivity contribution is 7.21. The zero-order chi connectivity index (χ0) is 24.1. The third-order valence-corrected chi connectivity index (χ3v) is 7.51. The summed E-state index contributed by atoms with van der Waals surface area (Å²) in [5.41, 5.74) is 7.26. The number of Topliss-reactive ketones (excluding diaryl/α,β-unsaturated/α-hetero) is 2. The van der Waals surface area contributed by atoms with E-state index in [2.05, 4.69) is 35.8 Å². The number of rotatable bonds is 4. The Morgan fingerprint density at radius 1 is 0.829 bits per heavy atom. The first kappa shape index (κ1) is 21.4. The molecule has 35 heavy (non-hydrogen) atoms. The number of aryl methyl sites for hydroxylation is 2. The summed E-state index contributed by atoms with van der Waals surface area (Å²) in [6, 6.07) is 26.1. The summed E-state index contributed by atoms with van der Waals surface area (Å²) in [4.78, 5) is 31.0. The lowest BCUT2D eigenvalue weighted by Crippen LogP contribution is -2.03. The average Bonchev–Trinajstić information content (AvgIpc) is 3.50. The third kappa shape index (κ3) is 3.47. The van der Waals surface area contributed by atoms with Crippen molar-refractivity contribution in [1.29, 1.82) is 0 Å². The molecule has 6 rings (SSSR count). The van der Waals surface area contributed by atoms with E-state index in [1.807, 2.05) is 49.4 Å². The molecular formula is C30H22N2O2S. The first-order chi connectivity index (χ1) is 17.0. The molecule has 0 aliphatic heterocycles. The third-order valence-electron chi connectivity index (χ3n) is 6.49. The molecule has 0 radical (unpaired) electrons. The van der Waals surface area contributed by atoms with Crippen LogP contribution in [-0.4, -0.2) is 21.1 Å². The molecule has 0 bridgehead atoms. The highest BCUT2D eigenvalue weighted by atomic mass is 32.1. The SMILES string of the molecule is CCn1c(/C=C2/C(=O)c3ccc(C)cc3C2=O)cc2sc(-c3ccccc3-c3ccccc3)nc21. The molecule has 0 spiro atoms. The number of allylic oxidation sites excluding steroid dienone is 1. The van der Waals surface area contributed by atoms with Crippen molar-refractivity contribution < 1.29 is 9.59 Å². The van der Waals surface area contributed by atoms with Gasteiger partial charge in [-0.1, -0.05) is 72.3 Å². The van der Waals surface area contributed by atoms with Crippen LogP contribution >= 0.6 is 11.3 Å². The maximum atomic E-state index is 13.0. The molecule has 1 aliphatic rings. The quantitative estimate of drug-likeness (QED) is 0.204. The van der Waals surface area contributed by atoms with Crippen LogP contribution in [0.3, 0.4) is 0 Å². The molecule has 170 valence electrons. The van der Waals surface area contributed by atoms with Gasteiger partial charge in [-0.15, -0.1) is 11.3 Å². The molecule has 0 saturated heterocycles. The molecule has 0 atom stereocenters. The normalized spacial score (nSPS) is 14.3. The Balaban J connectivity index is 1.44. The van der Waals surface area contributed by atoms with Gasteiger partial charge in [0.2, 0.25) is 0 Å². The van der Waals surface area contributed by atoms with Crippen LogP contribution in [0.1, 0.15) is 38.9 Å². The first-order valence-corrected chi connectivity index (χ1v) is 12.4. The highest BCUT2D eigenvalue weighted by Crippen LogP contribution is 2.38. The van der Waals surface area contributed by atoms with Gasteiger partial charge < -0.3 is 4.57 Å². The fourth-order valence-corrected chi connectivity index (χ4v) is 5.82. The molecule has 0 amide bonds. The van der Waals surface area contributed by atoms with Gasteiger partial charge in [0.1, 0.15) is 5.01 Å². The van der Waals surface area contributed by atoms with Crippen molar-refractivity contribution in [3.05, 3.63) is 107 Å². The van der Waals surface area contributed by atoms with E-state index in [0.29, 0.717) is 17.7 Å². The van der Waals surface area contributed by atoms with Gasteiger partial charge in [-0.05, 0) is 43.2 Å². The Kier molecular flexibility index (Phi) is 5.08. The van der Waals surface area contributed by atoms with E-state index in [4.69, 9.17) is 4.98 Å². The first-order valence-electron chi connectivity index (χ1n) is 11.6. The summed E-state index contributed by atoms with van der Waals surface area (Å²) in [5.74, 6) is -0.408. The van der Waals surface area contributed by atoms with Crippen molar-refractivity contribution in [3.63, 3.8) is 0 Å². The van der Waals surface area contributed by atoms with Crippen LogP contribution in [0, 0.1) is 6.92 Å². The fraction of sp³-hybridized carbons (Fsp3) is 0.100. The van der Waals surface area contributed by atoms with Crippen LogP contribution in [0.2, 0.25) is 0 Å². The van der Waals surface area contributed by atoms with Gasteiger partial charge in [0.05, 0.1) is 10.3 Å². The van der Waals surface area contributed by atoms with Gasteiger partial charge in [0.15, 0.2) is 17.2 Å². The number of carbonyl (C=O) groups excluding carboxylic acids is 2. The topological polar surface area (TPSA) is 52.0 Å². The zero-order valence-corrected chi connectivity index (χ0v) is 20.2. The smallest absolute Gasteiger partial charge is 0.197 e. The standard InChI is InChI=1S/C30H22N2O2S/c1-3-32-20(16-25-27(33)22-14-13-18(2)15-24(22)28(25)34)17-26-29(32)31-30(35-26)23-12-8-7-11-21(23)19-9-5-4-6-10-19/h4-17H,3H2,1-2H3/b25-16-. The van der Waals surface area contributed by atoms with E-state index in [1.165, 1.54) is 0 Å². The maximum Gasteiger partial charge on any atom is 0.197 e. The summed E-state index contributed by atoms with van der Waals surface area (Å²) < 4.78 is 3.10. The molecule has 5 heteroatoms. The van der Waals surface area contributed by atoms with E-state index in [1.54, 1.807) is 29.5 Å². The van der Waals surface area contributed by atoms with Crippen molar-refractivity contribution in [2.75, 3.05) is 0 Å². The van der Waals surface area contributed by atoms with E-state index in [0.717, 1.165) is 43.3 Å². The van der Waals surface area contributed by atoms with Crippen LogP contribution in [0.15, 0.2) is 84.4 Å². The minimum absolute atomic E-state index is 0.202. The van der Waals surface area contributed by atoms with Crippen molar-refractivity contribution in [2.24, 2.45) is 0 Å². The molecule has 2 heterocycles. The van der Waals surface area contributed by atoms with Crippen LogP contribution < -0.4 is 0 Å². The lowest BCUT2D eigenvalue weighted by atomic mass is 10.0. The molecule has 0 unspecified atom stereocenters. The number of ketones is 2. The lowest BCUT2D eigenvalue weighted by Gasteiger charge is -2.07. The lowest BCUT2D eigenvalue weighted by molar-refractivity contribution is 0.0990. The van der Waals surface area contributed by atoms with E-state index in [9.17, 15) is 9.59 Å². The second kappa shape index (κ2) is 8.29. The van der Waals surface area contributed by atoms with Gasteiger partial charge in [0.25, 0.3) is 0 Å². The predicted octanol–water partition coefficient (Wildman–Crippen LogP) is 7.22. The maximum absolute atomic E-state index is 13.0. The number of nitrogens with zero attached hydrogens (tertiary/aromatic N) is 2. The summed E-state index contributed by atoms with van der Waals surface area (Å²) in [7, 11) is 0. The van der Waals surface area contributed by atoms with Gasteiger partial charge in [0, 0.05) is 28.9 Å². The van der Waals surface area contributed by atoms with Crippen LogP contribution in [0.4, 0.5) is 0 Å². The summed E-state index contributed by atoms with van der Waals surface area (Å²) in [6.45, 7) is 4.66. The van der Waals surface area contributed by atoms with Gasteiger partial charge >= 0.3 is 0 Å². The van der Waals surface area contributed by atoms with Crippen molar-refractivity contribution >= 4 is 39.3 Å². The monoisotopic (exact) mass is 474 g/mol. The Bertz CT molecular complexity index is 1670. The van der Waals surface area contributed by atoms with Crippen LogP contribution in [0.25, 0.3) is 38.1 Å². The molecule has 3 aromatic carbocycles. The Morgan fingerprint density at radius 2 is 1.54 bits per heavy atom. The second-order valence-corrected chi connectivity index (χ2v) is 9.73. The number of hydrogen-bond donors (Lipinski definition) is 0. The molecule has 0 N–H and O–H groups in total. The van der Waals surface area contributed by atoms with Crippen molar-refractivity contribution in [2.45, 2.75) is 20.4 Å². The van der Waals surface area contributed by atoms with Gasteiger partial charge in [-0.3, -0.25) is 9.59 Å². The van der Waals surface area contributed by atoms with E-state index >= 15 is 0 Å². The van der Waals surface area contributed by atoms with Crippen molar-refractivity contribution in [3.8, 4) is 21.7 Å². The molecule has 0 fully saturated rings. The summed E-state index contributed by atoms with van der Waals surface area (Å²) in [5, 5.41) is 0.951. The minimum atomic E-state index is -0.206. The number of thiazole rings is 1. The second-order valence-electron chi connectivity index (χ2n) is 8.70. The fourth-order valence-electron chi connectivity index (χ4n) is 4.77. The van der Waals surface area contributed by atoms with Gasteiger partial charge in [-0.2, -0.15) is 0 Å². The molecule has 4 nitrogen and oxygen atoms in total. The molecule has 5 aromatic rings. The summed E-state index contributed by atoms with van der Waals surface area (Å²) >= 11 is 1.63. The highest BCUT2D eigenvalue weighted by Gasteiger charge is 2.33. The van der Waals surface area contributed by atoms with E-state index < -0.39 is 0 Å². The Labute approximate surface area is 207 Å². The molecule has 0 saturated carbocycles. The summed E-state index contributed by atoms with van der Waals surface area (Å²) in [6.07, 6.45) is 1.73. The minimum Gasteiger partial charge on any atom is -0.325 e. The van der Waals surface area contributed by atoms with Crippen LogP contribution in [0.5, 0.6) is 0 Å². The number of carbonyl (C=O) groups is 2. The average molecular weight is 475 g/mol. The number of benzene rings is 3. The van der Waals surface area contributed by atoms with Gasteiger partial charge in [-0.25, -0.2) is 4.98 Å². The Hall–Kier alpha value is -4.09. The Morgan fingerprint density at radius 3 is 2.31 bits per heavy atom. The number of fused-ring (bicyclic) bond motifs is 2. The molecule has 1 aliphatic carbocycles. The largest absolute Gasteiger partial charge is 0.325 e. The molecular weight excluding hydrogens is 452 g/mol. The zero-order valence-electron chi connectivity index (χ0n) is 19.4. The van der Waals surface area contributed by atoms with E-state index in [-0.39, 0.29) is 17.1 Å². The molecule has 2 aromatic heterocycles.